The molecule has 1 saturated heterocycles. The monoisotopic (exact) mass is 341 g/mol. The Morgan fingerprint density at radius 1 is 0.880 bits per heavy atom. The number of fused-ring (bicyclic) bond motifs is 1. The molecule has 3 heterocycles. The van der Waals surface area contributed by atoms with Gasteiger partial charge < -0.3 is 10.0 Å². The largest absolute Gasteiger partial charge is 0.394 e. The number of aromatic nitrogens is 2. The van der Waals surface area contributed by atoms with E-state index in [0.717, 1.165) is 52.4 Å². The predicted octanol–water partition coefficient (Wildman–Crippen LogP) is 1.01. The van der Waals surface area contributed by atoms with Gasteiger partial charge >= 0.3 is 0 Å². The number of nitrogens with zero attached hydrogens (tertiary/aromatic N) is 5. The number of rotatable bonds is 6. The maximum Gasteiger partial charge on any atom is 0.0644 e. The first-order valence-electron chi connectivity index (χ1n) is 9.22. The van der Waals surface area contributed by atoms with Crippen LogP contribution in [0.5, 0.6) is 0 Å². The highest BCUT2D eigenvalue weighted by atomic mass is 16.3. The van der Waals surface area contributed by atoms with Crippen molar-refractivity contribution in [3.8, 4) is 0 Å². The van der Waals surface area contributed by atoms with Gasteiger partial charge in [-0.2, -0.15) is 5.10 Å². The van der Waals surface area contributed by atoms with Crippen LogP contribution < -0.4 is 4.90 Å². The number of aliphatic hydroxyl groups excluding tert-OH is 1. The molecule has 6 heteroatoms. The van der Waals surface area contributed by atoms with Gasteiger partial charge in [0.25, 0.3) is 0 Å². The normalized spacial score (nSPS) is 18.7. The van der Waals surface area contributed by atoms with Crippen molar-refractivity contribution in [3.63, 3.8) is 0 Å². The third-order valence-corrected chi connectivity index (χ3v) is 5.34. The quantitative estimate of drug-likeness (QED) is 0.850. The highest BCUT2D eigenvalue weighted by molar-refractivity contribution is 5.46. The molecule has 0 saturated carbocycles. The molecule has 2 aliphatic heterocycles. The van der Waals surface area contributed by atoms with Crippen LogP contribution in [0, 0.1) is 0 Å². The Balaban J connectivity index is 1.23. The Kier molecular flexibility index (Phi) is 5.01. The molecule has 0 atom stereocenters. The molecule has 1 aromatic heterocycles. The first kappa shape index (κ1) is 16.6. The second kappa shape index (κ2) is 7.56. The fourth-order valence-electron chi connectivity index (χ4n) is 3.87. The lowest BCUT2D eigenvalue weighted by Crippen LogP contribution is -2.48. The number of aliphatic hydroxyl groups is 1. The molecule has 0 bridgehead atoms. The van der Waals surface area contributed by atoms with E-state index < -0.39 is 0 Å². The standard InChI is InChI=1S/C19H27N5O/c25-13-12-24-19-16-22(15-17(19)14-20-24)7-6-21-8-10-23(11-9-21)18-4-2-1-3-5-18/h1-5,14,25H,6-13,15-16H2. The molecule has 2 aliphatic rings. The highest BCUT2D eigenvalue weighted by Gasteiger charge is 2.24. The summed E-state index contributed by atoms with van der Waals surface area (Å²) in [6, 6.07) is 10.7. The Hall–Kier alpha value is -1.89. The lowest BCUT2D eigenvalue weighted by Gasteiger charge is -2.36. The number of hydrogen-bond acceptors (Lipinski definition) is 5. The average molecular weight is 341 g/mol. The van der Waals surface area contributed by atoms with E-state index in [4.69, 9.17) is 5.11 Å². The van der Waals surface area contributed by atoms with Crippen molar-refractivity contribution >= 4 is 5.69 Å². The van der Waals surface area contributed by atoms with E-state index in [1.807, 2.05) is 10.9 Å². The number of benzene rings is 1. The van der Waals surface area contributed by atoms with Crippen molar-refractivity contribution in [1.82, 2.24) is 19.6 Å². The second-order valence-corrected chi connectivity index (χ2v) is 6.94. The third kappa shape index (κ3) is 3.71. The van der Waals surface area contributed by atoms with Crippen molar-refractivity contribution in [2.75, 3.05) is 50.8 Å². The average Bonchev–Trinajstić information content (AvgIpc) is 3.23. The van der Waals surface area contributed by atoms with Crippen molar-refractivity contribution in [3.05, 3.63) is 47.8 Å². The minimum Gasteiger partial charge on any atom is -0.394 e. The fourth-order valence-corrected chi connectivity index (χ4v) is 3.87. The second-order valence-electron chi connectivity index (χ2n) is 6.94. The van der Waals surface area contributed by atoms with Gasteiger partial charge in [-0.3, -0.25) is 14.5 Å². The first-order chi connectivity index (χ1) is 12.3. The van der Waals surface area contributed by atoms with Gasteiger partial charge in [-0.15, -0.1) is 0 Å². The maximum absolute atomic E-state index is 9.13. The minimum atomic E-state index is 0.153. The summed E-state index contributed by atoms with van der Waals surface area (Å²) < 4.78 is 1.95. The summed E-state index contributed by atoms with van der Waals surface area (Å²) in [5.41, 5.74) is 3.94. The summed E-state index contributed by atoms with van der Waals surface area (Å²) in [5, 5.41) is 13.5. The van der Waals surface area contributed by atoms with E-state index >= 15 is 0 Å². The molecule has 6 nitrogen and oxygen atoms in total. The Bertz CT molecular complexity index is 678. The molecular weight excluding hydrogens is 314 g/mol. The molecule has 0 amide bonds. The summed E-state index contributed by atoms with van der Waals surface area (Å²) in [7, 11) is 0. The number of hydrogen-bond donors (Lipinski definition) is 1. The van der Waals surface area contributed by atoms with Gasteiger partial charge in [0, 0.05) is 63.6 Å². The summed E-state index contributed by atoms with van der Waals surface area (Å²) >= 11 is 0. The predicted molar refractivity (Wildman–Crippen MR) is 98.5 cm³/mol. The van der Waals surface area contributed by atoms with Crippen LogP contribution >= 0.6 is 0 Å². The van der Waals surface area contributed by atoms with Crippen molar-refractivity contribution in [1.29, 1.82) is 0 Å². The number of piperazine rings is 1. The van der Waals surface area contributed by atoms with Crippen LogP contribution in [0.1, 0.15) is 11.3 Å². The van der Waals surface area contributed by atoms with Crippen LogP contribution in [0.4, 0.5) is 5.69 Å². The lowest BCUT2D eigenvalue weighted by molar-refractivity contribution is 0.194. The smallest absolute Gasteiger partial charge is 0.0644 e. The molecule has 0 aliphatic carbocycles. The molecule has 25 heavy (non-hydrogen) atoms. The summed E-state index contributed by atoms with van der Waals surface area (Å²) in [6.45, 7) is 9.40. The van der Waals surface area contributed by atoms with Crippen LogP contribution in [-0.2, 0) is 19.6 Å². The Labute approximate surface area is 149 Å². The zero-order chi connectivity index (χ0) is 17.1. The van der Waals surface area contributed by atoms with Crippen molar-refractivity contribution in [2.45, 2.75) is 19.6 Å². The number of para-hydroxylation sites is 1. The van der Waals surface area contributed by atoms with Crippen molar-refractivity contribution in [2.24, 2.45) is 0 Å². The first-order valence-corrected chi connectivity index (χ1v) is 9.22. The minimum absolute atomic E-state index is 0.153. The van der Waals surface area contributed by atoms with E-state index in [0.29, 0.717) is 6.54 Å². The van der Waals surface area contributed by atoms with E-state index in [1.165, 1.54) is 16.9 Å². The molecule has 134 valence electrons. The fraction of sp³-hybridized carbons (Fsp3) is 0.526. The SMILES string of the molecule is OCCn1ncc2c1CN(CCN1CCN(c3ccccc3)CC1)C2. The molecule has 0 radical (unpaired) electrons. The van der Waals surface area contributed by atoms with Crippen LogP contribution in [0.2, 0.25) is 0 Å². The molecular formula is C19H27N5O. The topological polar surface area (TPSA) is 47.8 Å². The van der Waals surface area contributed by atoms with Crippen LogP contribution in [0.3, 0.4) is 0 Å². The molecule has 1 N–H and O–H groups in total. The molecule has 1 fully saturated rings. The van der Waals surface area contributed by atoms with Gasteiger partial charge in [-0.1, -0.05) is 18.2 Å². The van der Waals surface area contributed by atoms with E-state index in [1.54, 1.807) is 0 Å². The summed E-state index contributed by atoms with van der Waals surface area (Å²) in [5.74, 6) is 0. The van der Waals surface area contributed by atoms with Crippen LogP contribution in [0.15, 0.2) is 36.5 Å². The molecule has 0 unspecified atom stereocenters. The molecule has 0 spiro atoms. The highest BCUT2D eigenvalue weighted by Crippen LogP contribution is 2.22. The van der Waals surface area contributed by atoms with E-state index in [9.17, 15) is 0 Å². The van der Waals surface area contributed by atoms with Gasteiger partial charge in [0.05, 0.1) is 25.0 Å². The third-order valence-electron chi connectivity index (χ3n) is 5.34. The van der Waals surface area contributed by atoms with Gasteiger partial charge in [0.15, 0.2) is 0 Å². The molecule has 2 aromatic rings. The van der Waals surface area contributed by atoms with Gasteiger partial charge in [0.1, 0.15) is 0 Å². The molecule has 4 rings (SSSR count). The number of anilines is 1. The van der Waals surface area contributed by atoms with Gasteiger partial charge in [-0.05, 0) is 12.1 Å². The molecule has 1 aromatic carbocycles. The zero-order valence-corrected chi connectivity index (χ0v) is 14.7. The zero-order valence-electron chi connectivity index (χ0n) is 14.7. The van der Waals surface area contributed by atoms with Gasteiger partial charge in [0.2, 0.25) is 0 Å². The van der Waals surface area contributed by atoms with E-state index in [-0.39, 0.29) is 6.61 Å². The summed E-state index contributed by atoms with van der Waals surface area (Å²) in [6.07, 6.45) is 1.96. The van der Waals surface area contributed by atoms with Crippen LogP contribution in [-0.4, -0.2) is 70.6 Å². The van der Waals surface area contributed by atoms with Crippen LogP contribution in [0.25, 0.3) is 0 Å². The summed E-state index contributed by atoms with van der Waals surface area (Å²) in [4.78, 5) is 7.54. The Morgan fingerprint density at radius 2 is 1.64 bits per heavy atom. The Morgan fingerprint density at radius 3 is 2.40 bits per heavy atom. The maximum atomic E-state index is 9.13. The van der Waals surface area contributed by atoms with E-state index in [2.05, 4.69) is 50.1 Å². The lowest BCUT2D eigenvalue weighted by atomic mass is 10.2. The van der Waals surface area contributed by atoms with Gasteiger partial charge in [-0.25, -0.2) is 0 Å². The van der Waals surface area contributed by atoms with Crippen molar-refractivity contribution < 1.29 is 5.11 Å².